The van der Waals surface area contributed by atoms with Gasteiger partial charge in [-0.2, -0.15) is 5.26 Å². The molecule has 2 fully saturated rings. The first-order valence-electron chi connectivity index (χ1n) is 11.6. The fraction of sp³-hybridized carbons (Fsp3) is 0.407. The number of rotatable bonds is 7. The Kier molecular flexibility index (Phi) is 5.85. The van der Waals surface area contributed by atoms with E-state index in [1.807, 2.05) is 12.1 Å². The Morgan fingerprint density at radius 1 is 1.06 bits per heavy atom. The average Bonchev–Trinajstić information content (AvgIpc) is 3.59. The van der Waals surface area contributed by atoms with Crippen molar-refractivity contribution in [2.24, 2.45) is 5.92 Å². The highest BCUT2D eigenvalue weighted by atomic mass is 16.5. The second-order valence-corrected chi connectivity index (χ2v) is 9.10. The van der Waals surface area contributed by atoms with Gasteiger partial charge >= 0.3 is 0 Å². The number of hydrogen-bond donors (Lipinski definition) is 1. The molecule has 5 nitrogen and oxygen atoms in total. The van der Waals surface area contributed by atoms with Crippen LogP contribution in [0.4, 0.5) is 5.69 Å². The van der Waals surface area contributed by atoms with Crippen molar-refractivity contribution < 1.29 is 9.15 Å². The van der Waals surface area contributed by atoms with Gasteiger partial charge < -0.3 is 14.5 Å². The summed E-state index contributed by atoms with van der Waals surface area (Å²) in [5.41, 5.74) is 5.05. The number of nitriles is 1. The molecule has 0 spiro atoms. The van der Waals surface area contributed by atoms with Crippen LogP contribution in [0.1, 0.15) is 67.4 Å². The molecule has 0 amide bonds. The molecule has 0 radical (unpaired) electrons. The number of nitrogens with one attached hydrogen (secondary N) is 1. The minimum Gasteiger partial charge on any atom is -0.495 e. The lowest BCUT2D eigenvalue weighted by molar-refractivity contribution is 0.338. The van der Waals surface area contributed by atoms with Crippen molar-refractivity contribution in [3.8, 4) is 23.1 Å². The van der Waals surface area contributed by atoms with Gasteiger partial charge in [-0.1, -0.05) is 18.2 Å². The van der Waals surface area contributed by atoms with Crippen LogP contribution in [0.3, 0.4) is 0 Å². The topological polar surface area (TPSA) is 71.1 Å². The summed E-state index contributed by atoms with van der Waals surface area (Å²) in [5.74, 6) is 3.27. The predicted octanol–water partition coefficient (Wildman–Crippen LogP) is 6.49. The quantitative estimate of drug-likeness (QED) is 0.467. The summed E-state index contributed by atoms with van der Waals surface area (Å²) in [6, 6.07) is 16.8. The Balaban J connectivity index is 1.15. The van der Waals surface area contributed by atoms with Gasteiger partial charge in [0.2, 0.25) is 0 Å². The molecular formula is C27H29N3O2. The SMILES string of the molecule is COc1ccc(C2CCC(CNc3cccc(-c4coc(C5CC5)n4)c3)CC2)cc1C#N. The molecule has 5 rings (SSSR count). The van der Waals surface area contributed by atoms with Gasteiger partial charge in [0.15, 0.2) is 5.89 Å². The molecule has 2 saturated carbocycles. The molecule has 1 N–H and O–H groups in total. The fourth-order valence-electron chi connectivity index (χ4n) is 4.76. The molecule has 0 unspecified atom stereocenters. The fourth-order valence-corrected chi connectivity index (χ4v) is 4.76. The third-order valence-corrected chi connectivity index (χ3v) is 6.86. The first kappa shape index (κ1) is 20.6. The number of nitrogens with zero attached hydrogens (tertiary/aromatic N) is 2. The molecule has 2 aromatic carbocycles. The van der Waals surface area contributed by atoms with Crippen LogP contribution in [0.25, 0.3) is 11.3 Å². The molecule has 1 heterocycles. The van der Waals surface area contributed by atoms with E-state index in [1.165, 1.54) is 31.2 Å². The maximum Gasteiger partial charge on any atom is 0.197 e. The van der Waals surface area contributed by atoms with Gasteiger partial charge in [-0.25, -0.2) is 4.98 Å². The predicted molar refractivity (Wildman–Crippen MR) is 125 cm³/mol. The molecule has 5 heteroatoms. The van der Waals surface area contributed by atoms with E-state index in [-0.39, 0.29) is 0 Å². The van der Waals surface area contributed by atoms with Gasteiger partial charge in [0, 0.05) is 23.7 Å². The minimum atomic E-state index is 0.528. The Labute approximate surface area is 189 Å². The summed E-state index contributed by atoms with van der Waals surface area (Å²) in [6.07, 6.45) is 8.88. The van der Waals surface area contributed by atoms with Gasteiger partial charge in [0.05, 0.1) is 12.7 Å². The van der Waals surface area contributed by atoms with E-state index in [0.717, 1.165) is 42.2 Å². The lowest BCUT2D eigenvalue weighted by Crippen LogP contribution is -2.20. The van der Waals surface area contributed by atoms with E-state index in [2.05, 4.69) is 46.7 Å². The van der Waals surface area contributed by atoms with E-state index in [4.69, 9.17) is 9.15 Å². The van der Waals surface area contributed by atoms with Crippen LogP contribution in [-0.4, -0.2) is 18.6 Å². The van der Waals surface area contributed by atoms with E-state index in [1.54, 1.807) is 13.4 Å². The molecule has 2 aliphatic rings. The first-order valence-corrected chi connectivity index (χ1v) is 11.6. The number of oxazole rings is 1. The summed E-state index contributed by atoms with van der Waals surface area (Å²) in [4.78, 5) is 4.67. The summed E-state index contributed by atoms with van der Waals surface area (Å²) in [5, 5.41) is 13.0. The maximum absolute atomic E-state index is 9.37. The van der Waals surface area contributed by atoms with Crippen LogP contribution in [0.2, 0.25) is 0 Å². The highest BCUT2D eigenvalue weighted by molar-refractivity contribution is 5.64. The number of anilines is 1. The van der Waals surface area contributed by atoms with Crippen molar-refractivity contribution in [2.45, 2.75) is 50.4 Å². The van der Waals surface area contributed by atoms with Crippen LogP contribution in [-0.2, 0) is 0 Å². The van der Waals surface area contributed by atoms with Gasteiger partial charge in [-0.3, -0.25) is 0 Å². The molecular weight excluding hydrogens is 398 g/mol. The molecule has 0 atom stereocenters. The molecule has 0 bridgehead atoms. The molecule has 164 valence electrons. The lowest BCUT2D eigenvalue weighted by atomic mass is 9.78. The normalized spacial score (nSPS) is 20.5. The van der Waals surface area contributed by atoms with Gasteiger partial charge in [-0.15, -0.1) is 0 Å². The number of benzene rings is 2. The summed E-state index contributed by atoms with van der Waals surface area (Å²) < 4.78 is 10.9. The van der Waals surface area contributed by atoms with Crippen LogP contribution < -0.4 is 10.1 Å². The Morgan fingerprint density at radius 3 is 2.62 bits per heavy atom. The summed E-state index contributed by atoms with van der Waals surface area (Å²) >= 11 is 0. The second-order valence-electron chi connectivity index (χ2n) is 9.10. The van der Waals surface area contributed by atoms with Crippen LogP contribution in [0, 0.1) is 17.2 Å². The number of hydrogen-bond acceptors (Lipinski definition) is 5. The van der Waals surface area contributed by atoms with Crippen molar-refractivity contribution in [3.63, 3.8) is 0 Å². The monoisotopic (exact) mass is 427 g/mol. The number of methoxy groups -OCH3 is 1. The van der Waals surface area contributed by atoms with Crippen LogP contribution in [0.5, 0.6) is 5.75 Å². The van der Waals surface area contributed by atoms with Crippen molar-refractivity contribution in [1.82, 2.24) is 4.98 Å². The molecule has 32 heavy (non-hydrogen) atoms. The van der Waals surface area contributed by atoms with Crippen molar-refractivity contribution >= 4 is 5.69 Å². The van der Waals surface area contributed by atoms with Crippen molar-refractivity contribution in [3.05, 3.63) is 65.7 Å². The zero-order valence-corrected chi connectivity index (χ0v) is 18.5. The van der Waals surface area contributed by atoms with Crippen LogP contribution in [0.15, 0.2) is 53.1 Å². The second kappa shape index (κ2) is 9.08. The largest absolute Gasteiger partial charge is 0.495 e. The highest BCUT2D eigenvalue weighted by Gasteiger charge is 2.28. The van der Waals surface area contributed by atoms with Crippen molar-refractivity contribution in [2.75, 3.05) is 19.0 Å². The van der Waals surface area contributed by atoms with Gasteiger partial charge in [0.25, 0.3) is 0 Å². The number of ether oxygens (including phenoxy) is 1. The highest BCUT2D eigenvalue weighted by Crippen LogP contribution is 2.40. The Morgan fingerprint density at radius 2 is 1.88 bits per heavy atom. The van der Waals surface area contributed by atoms with Gasteiger partial charge in [-0.05, 0) is 80.2 Å². The summed E-state index contributed by atoms with van der Waals surface area (Å²) in [7, 11) is 1.61. The van der Waals surface area contributed by atoms with E-state index in [0.29, 0.717) is 29.1 Å². The Bertz CT molecular complexity index is 1120. The maximum atomic E-state index is 9.37. The van der Waals surface area contributed by atoms with E-state index in [9.17, 15) is 5.26 Å². The standard InChI is InChI=1S/C27H29N3O2/c1-31-26-12-11-21(13-23(26)15-28)19-7-5-18(6-8-19)16-29-24-4-2-3-22(14-24)25-17-32-27(30-25)20-9-10-20/h2-4,11-14,17-20,29H,5-10,16H2,1H3. The van der Waals surface area contributed by atoms with E-state index < -0.39 is 0 Å². The van der Waals surface area contributed by atoms with Gasteiger partial charge in [0.1, 0.15) is 23.8 Å². The third-order valence-electron chi connectivity index (χ3n) is 6.86. The lowest BCUT2D eigenvalue weighted by Gasteiger charge is -2.29. The minimum absolute atomic E-state index is 0.528. The molecule has 0 saturated heterocycles. The number of aromatic nitrogens is 1. The van der Waals surface area contributed by atoms with Crippen molar-refractivity contribution in [1.29, 1.82) is 5.26 Å². The Hall–Kier alpha value is -3.26. The molecule has 2 aliphatic carbocycles. The van der Waals surface area contributed by atoms with E-state index >= 15 is 0 Å². The average molecular weight is 428 g/mol. The molecule has 3 aromatic rings. The first-order chi connectivity index (χ1) is 15.7. The smallest absolute Gasteiger partial charge is 0.197 e. The summed E-state index contributed by atoms with van der Waals surface area (Å²) in [6.45, 7) is 0.981. The molecule has 0 aliphatic heterocycles. The zero-order chi connectivity index (χ0) is 21.9. The van der Waals surface area contributed by atoms with Crippen LogP contribution >= 0.6 is 0 Å². The third kappa shape index (κ3) is 4.50. The zero-order valence-electron chi connectivity index (χ0n) is 18.5. The molecule has 1 aromatic heterocycles.